The van der Waals surface area contributed by atoms with Gasteiger partial charge in [-0.25, -0.2) is 0 Å². The Kier molecular flexibility index (Phi) is 6.57. The van der Waals surface area contributed by atoms with Crippen molar-refractivity contribution in [3.8, 4) is 0 Å². The Balaban J connectivity index is 2.44. The molecule has 1 amide bonds. The number of amides is 1. The van der Waals surface area contributed by atoms with Gasteiger partial charge in [-0.05, 0) is 30.0 Å². The van der Waals surface area contributed by atoms with E-state index in [1.165, 1.54) is 5.56 Å². The zero-order chi connectivity index (χ0) is 14.3. The van der Waals surface area contributed by atoms with Crippen LogP contribution in [0.5, 0.6) is 0 Å². The van der Waals surface area contributed by atoms with Crippen LogP contribution in [0.25, 0.3) is 0 Å². The molecule has 0 radical (unpaired) electrons. The third kappa shape index (κ3) is 5.88. The van der Waals surface area contributed by atoms with Crippen molar-refractivity contribution in [1.82, 2.24) is 5.32 Å². The molecule has 0 heterocycles. The molecule has 0 unspecified atom stereocenters. The van der Waals surface area contributed by atoms with Gasteiger partial charge in [-0.3, -0.25) is 4.79 Å². The summed E-state index contributed by atoms with van der Waals surface area (Å²) in [6, 6.07) is 8.00. The molecule has 0 bridgehead atoms. The SMILES string of the molecule is CC(C)CNCCC(=O)Nc1ccccc1C(C)C. The highest BCUT2D eigenvalue weighted by Gasteiger charge is 2.08. The Hall–Kier alpha value is -1.35. The number of carbonyl (C=O) groups is 1. The molecule has 1 aromatic rings. The summed E-state index contributed by atoms with van der Waals surface area (Å²) < 4.78 is 0. The maximum Gasteiger partial charge on any atom is 0.225 e. The number of para-hydroxylation sites is 1. The monoisotopic (exact) mass is 262 g/mol. The van der Waals surface area contributed by atoms with Gasteiger partial charge in [0, 0.05) is 18.7 Å². The summed E-state index contributed by atoms with van der Waals surface area (Å²) in [5.41, 5.74) is 2.12. The van der Waals surface area contributed by atoms with Gasteiger partial charge in [-0.2, -0.15) is 0 Å². The summed E-state index contributed by atoms with van der Waals surface area (Å²) in [4.78, 5) is 11.9. The number of rotatable bonds is 7. The van der Waals surface area contributed by atoms with E-state index < -0.39 is 0 Å². The number of anilines is 1. The van der Waals surface area contributed by atoms with E-state index in [-0.39, 0.29) is 5.91 Å². The maximum absolute atomic E-state index is 11.9. The lowest BCUT2D eigenvalue weighted by Gasteiger charge is -2.14. The molecule has 1 aromatic carbocycles. The van der Waals surface area contributed by atoms with Gasteiger partial charge in [-0.1, -0.05) is 45.9 Å². The van der Waals surface area contributed by atoms with Crippen molar-refractivity contribution in [2.75, 3.05) is 18.4 Å². The first-order valence-corrected chi connectivity index (χ1v) is 7.10. The van der Waals surface area contributed by atoms with Crippen LogP contribution in [-0.4, -0.2) is 19.0 Å². The zero-order valence-corrected chi connectivity index (χ0v) is 12.5. The third-order valence-corrected chi connectivity index (χ3v) is 2.94. The van der Waals surface area contributed by atoms with E-state index in [0.717, 1.165) is 18.8 Å². The van der Waals surface area contributed by atoms with Crippen molar-refractivity contribution >= 4 is 11.6 Å². The highest BCUT2D eigenvalue weighted by molar-refractivity contribution is 5.91. The first-order chi connectivity index (χ1) is 9.00. The van der Waals surface area contributed by atoms with E-state index in [4.69, 9.17) is 0 Å². The van der Waals surface area contributed by atoms with E-state index >= 15 is 0 Å². The van der Waals surface area contributed by atoms with Crippen LogP contribution in [0.2, 0.25) is 0 Å². The van der Waals surface area contributed by atoms with Gasteiger partial charge in [0.1, 0.15) is 0 Å². The normalized spacial score (nSPS) is 11.1. The van der Waals surface area contributed by atoms with Gasteiger partial charge < -0.3 is 10.6 Å². The van der Waals surface area contributed by atoms with Crippen LogP contribution in [0.15, 0.2) is 24.3 Å². The Morgan fingerprint density at radius 2 is 1.84 bits per heavy atom. The standard InChI is InChI=1S/C16H26N2O/c1-12(2)11-17-10-9-16(19)18-15-8-6-5-7-14(15)13(3)4/h5-8,12-13,17H,9-11H2,1-4H3,(H,18,19). The molecule has 3 nitrogen and oxygen atoms in total. The molecule has 3 heteroatoms. The number of hydrogen-bond donors (Lipinski definition) is 2. The molecule has 0 fully saturated rings. The summed E-state index contributed by atoms with van der Waals surface area (Å²) in [6.07, 6.45) is 0.513. The largest absolute Gasteiger partial charge is 0.326 e. The van der Waals surface area contributed by atoms with Gasteiger partial charge >= 0.3 is 0 Å². The van der Waals surface area contributed by atoms with Crippen molar-refractivity contribution in [1.29, 1.82) is 0 Å². The minimum Gasteiger partial charge on any atom is -0.326 e. The minimum absolute atomic E-state index is 0.0735. The van der Waals surface area contributed by atoms with Crippen LogP contribution in [0.1, 0.15) is 45.6 Å². The minimum atomic E-state index is 0.0735. The van der Waals surface area contributed by atoms with Crippen LogP contribution in [0, 0.1) is 5.92 Å². The Morgan fingerprint density at radius 1 is 1.16 bits per heavy atom. The summed E-state index contributed by atoms with van der Waals surface area (Å²) in [7, 11) is 0. The molecule has 1 rings (SSSR count). The van der Waals surface area contributed by atoms with Crippen LogP contribution in [-0.2, 0) is 4.79 Å². The van der Waals surface area contributed by atoms with Gasteiger partial charge in [0.25, 0.3) is 0 Å². The predicted octanol–water partition coefficient (Wildman–Crippen LogP) is 3.38. The fraction of sp³-hybridized carbons (Fsp3) is 0.562. The third-order valence-electron chi connectivity index (χ3n) is 2.94. The highest BCUT2D eigenvalue weighted by atomic mass is 16.1. The second-order valence-corrected chi connectivity index (χ2v) is 5.64. The fourth-order valence-electron chi connectivity index (χ4n) is 1.92. The summed E-state index contributed by atoms with van der Waals surface area (Å²) >= 11 is 0. The fourth-order valence-corrected chi connectivity index (χ4v) is 1.92. The lowest BCUT2D eigenvalue weighted by molar-refractivity contribution is -0.116. The van der Waals surface area contributed by atoms with Gasteiger partial charge in [0.15, 0.2) is 0 Å². The molecular weight excluding hydrogens is 236 g/mol. The van der Waals surface area contributed by atoms with Crippen LogP contribution >= 0.6 is 0 Å². The second-order valence-electron chi connectivity index (χ2n) is 5.64. The Labute approximate surface area is 116 Å². The van der Waals surface area contributed by atoms with Crippen LogP contribution in [0.3, 0.4) is 0 Å². The molecule has 0 saturated heterocycles. The number of hydrogen-bond acceptors (Lipinski definition) is 2. The van der Waals surface area contributed by atoms with Gasteiger partial charge in [0.2, 0.25) is 5.91 Å². The van der Waals surface area contributed by atoms with Gasteiger partial charge in [-0.15, -0.1) is 0 Å². The Bertz CT molecular complexity index is 399. The molecule has 0 saturated carbocycles. The number of nitrogens with one attached hydrogen (secondary N) is 2. The summed E-state index contributed by atoms with van der Waals surface area (Å²) in [5, 5.41) is 6.28. The summed E-state index contributed by atoms with van der Waals surface area (Å²) in [5.74, 6) is 1.10. The molecule has 2 N–H and O–H groups in total. The molecule has 0 aliphatic rings. The van der Waals surface area contributed by atoms with Crippen molar-refractivity contribution < 1.29 is 4.79 Å². The summed E-state index contributed by atoms with van der Waals surface area (Å²) in [6.45, 7) is 10.3. The molecule has 0 aliphatic heterocycles. The predicted molar refractivity (Wildman–Crippen MR) is 81.5 cm³/mol. The zero-order valence-electron chi connectivity index (χ0n) is 12.5. The molecule has 0 aromatic heterocycles. The van der Waals surface area contributed by atoms with E-state index in [9.17, 15) is 4.79 Å². The molecule has 0 spiro atoms. The van der Waals surface area contributed by atoms with E-state index in [2.05, 4.69) is 44.4 Å². The average molecular weight is 262 g/mol. The van der Waals surface area contributed by atoms with Crippen molar-refractivity contribution in [3.63, 3.8) is 0 Å². The molecule has 0 atom stereocenters. The first kappa shape index (κ1) is 15.7. The lowest BCUT2D eigenvalue weighted by Crippen LogP contribution is -2.25. The Morgan fingerprint density at radius 3 is 2.47 bits per heavy atom. The average Bonchev–Trinajstić information content (AvgIpc) is 2.35. The smallest absolute Gasteiger partial charge is 0.225 e. The van der Waals surface area contributed by atoms with Crippen molar-refractivity contribution in [3.05, 3.63) is 29.8 Å². The molecular formula is C16H26N2O. The quantitative estimate of drug-likeness (QED) is 0.740. The van der Waals surface area contributed by atoms with Crippen molar-refractivity contribution in [2.24, 2.45) is 5.92 Å². The van der Waals surface area contributed by atoms with Crippen LogP contribution in [0.4, 0.5) is 5.69 Å². The highest BCUT2D eigenvalue weighted by Crippen LogP contribution is 2.23. The topological polar surface area (TPSA) is 41.1 Å². The lowest BCUT2D eigenvalue weighted by atomic mass is 10.0. The molecule has 19 heavy (non-hydrogen) atoms. The molecule has 106 valence electrons. The van der Waals surface area contributed by atoms with Crippen LogP contribution < -0.4 is 10.6 Å². The van der Waals surface area contributed by atoms with E-state index in [1.807, 2.05) is 18.2 Å². The number of carbonyl (C=O) groups excluding carboxylic acids is 1. The first-order valence-electron chi connectivity index (χ1n) is 7.10. The second kappa shape index (κ2) is 7.95. The molecule has 0 aliphatic carbocycles. The number of benzene rings is 1. The van der Waals surface area contributed by atoms with Gasteiger partial charge in [0.05, 0.1) is 0 Å². The van der Waals surface area contributed by atoms with Crippen molar-refractivity contribution in [2.45, 2.75) is 40.0 Å². The van der Waals surface area contributed by atoms with E-state index in [1.54, 1.807) is 0 Å². The van der Waals surface area contributed by atoms with E-state index in [0.29, 0.717) is 18.3 Å². The maximum atomic E-state index is 11.9.